The van der Waals surface area contributed by atoms with Gasteiger partial charge in [0, 0.05) is 0 Å². The number of hydrogen-bond donors (Lipinski definition) is 1. The van der Waals surface area contributed by atoms with E-state index >= 15 is 0 Å². The topological polar surface area (TPSA) is 39.2 Å². The molecular weight excluding hydrogens is 266 g/mol. The van der Waals surface area contributed by atoms with Gasteiger partial charge in [0.05, 0.1) is 16.8 Å². The average molecular weight is 286 g/mol. The lowest BCUT2D eigenvalue weighted by molar-refractivity contribution is 0.166. The molecule has 0 spiro atoms. The molecule has 0 saturated heterocycles. The van der Waals surface area contributed by atoms with Gasteiger partial charge < -0.3 is 10.2 Å². The summed E-state index contributed by atoms with van der Waals surface area (Å²) in [6.07, 6.45) is 6.65. The van der Waals surface area contributed by atoms with E-state index in [9.17, 15) is 0 Å². The van der Waals surface area contributed by atoms with E-state index in [1.807, 2.05) is 6.07 Å². The van der Waals surface area contributed by atoms with Crippen molar-refractivity contribution in [1.82, 2.24) is 0 Å². The lowest BCUT2D eigenvalue weighted by Gasteiger charge is -2.36. The fourth-order valence-corrected chi connectivity index (χ4v) is 3.00. The van der Waals surface area contributed by atoms with Crippen LogP contribution in [0, 0.1) is 11.3 Å². The summed E-state index contributed by atoms with van der Waals surface area (Å²) in [5.74, 6) is 1.47. The first kappa shape index (κ1) is 12.2. The highest BCUT2D eigenvalue weighted by atomic mass is 79.9. The minimum atomic E-state index is 0.0421. The predicted octanol–water partition coefficient (Wildman–Crippen LogP) is 4.26. The molecular formula is C13H20BrNO. The standard InChI is InChI=1S/C13H20BrNO/c1-13(2)6-3-9(4-7-13)11(15)12-10(14)5-8-16-12/h5,8-9,11H,3-4,6-7,15H2,1-2H3. The van der Waals surface area contributed by atoms with Gasteiger partial charge in [-0.05, 0) is 59.0 Å². The quantitative estimate of drug-likeness (QED) is 0.882. The Morgan fingerprint density at radius 1 is 1.44 bits per heavy atom. The van der Waals surface area contributed by atoms with Crippen molar-refractivity contribution in [3.8, 4) is 0 Å². The van der Waals surface area contributed by atoms with Crippen LogP contribution in [0.25, 0.3) is 0 Å². The number of nitrogens with two attached hydrogens (primary N) is 1. The molecule has 3 heteroatoms. The molecule has 16 heavy (non-hydrogen) atoms. The maximum absolute atomic E-state index is 6.28. The second-order valence-corrected chi connectivity index (χ2v) is 6.51. The third kappa shape index (κ3) is 2.51. The Hall–Kier alpha value is -0.280. The molecule has 0 amide bonds. The van der Waals surface area contributed by atoms with Crippen molar-refractivity contribution in [3.63, 3.8) is 0 Å². The van der Waals surface area contributed by atoms with Gasteiger partial charge in [-0.1, -0.05) is 13.8 Å². The van der Waals surface area contributed by atoms with E-state index in [4.69, 9.17) is 10.2 Å². The lowest BCUT2D eigenvalue weighted by Crippen LogP contribution is -2.29. The normalized spacial score (nSPS) is 23.2. The van der Waals surface area contributed by atoms with Crippen LogP contribution in [0.15, 0.2) is 21.2 Å². The van der Waals surface area contributed by atoms with E-state index in [-0.39, 0.29) is 6.04 Å². The average Bonchev–Trinajstić information content (AvgIpc) is 2.63. The van der Waals surface area contributed by atoms with Gasteiger partial charge in [0.25, 0.3) is 0 Å². The Labute approximate surface area is 106 Å². The SMILES string of the molecule is CC1(C)CCC(C(N)c2occc2Br)CC1. The Bertz CT molecular complexity index is 349. The van der Waals surface area contributed by atoms with Gasteiger partial charge in [0.15, 0.2) is 0 Å². The smallest absolute Gasteiger partial charge is 0.134 e. The summed E-state index contributed by atoms with van der Waals surface area (Å²) >= 11 is 3.48. The first-order chi connectivity index (χ1) is 7.49. The summed E-state index contributed by atoms with van der Waals surface area (Å²) in [5, 5.41) is 0. The van der Waals surface area contributed by atoms with Crippen LogP contribution >= 0.6 is 15.9 Å². The molecule has 2 rings (SSSR count). The molecule has 1 heterocycles. The fourth-order valence-electron chi connectivity index (χ4n) is 2.54. The molecule has 1 fully saturated rings. The molecule has 2 nitrogen and oxygen atoms in total. The molecule has 1 saturated carbocycles. The molecule has 1 aromatic heterocycles. The van der Waals surface area contributed by atoms with E-state index in [0.29, 0.717) is 11.3 Å². The van der Waals surface area contributed by atoms with Gasteiger partial charge in [-0.15, -0.1) is 0 Å². The van der Waals surface area contributed by atoms with Gasteiger partial charge in [-0.3, -0.25) is 0 Å². The highest BCUT2D eigenvalue weighted by molar-refractivity contribution is 9.10. The zero-order valence-electron chi connectivity index (χ0n) is 10.0. The zero-order valence-corrected chi connectivity index (χ0v) is 11.6. The molecule has 1 unspecified atom stereocenters. The monoisotopic (exact) mass is 285 g/mol. The van der Waals surface area contributed by atoms with Crippen molar-refractivity contribution < 1.29 is 4.42 Å². The second-order valence-electron chi connectivity index (χ2n) is 5.66. The molecule has 0 aromatic carbocycles. The second kappa shape index (κ2) is 4.53. The fraction of sp³-hybridized carbons (Fsp3) is 0.692. The van der Waals surface area contributed by atoms with Crippen molar-refractivity contribution >= 4 is 15.9 Å². The van der Waals surface area contributed by atoms with Crippen LogP contribution in [-0.2, 0) is 0 Å². The summed E-state index contributed by atoms with van der Waals surface area (Å²) in [7, 11) is 0. The van der Waals surface area contributed by atoms with Crippen LogP contribution in [0.5, 0.6) is 0 Å². The van der Waals surface area contributed by atoms with Crippen LogP contribution in [0.3, 0.4) is 0 Å². The Balaban J connectivity index is 2.02. The van der Waals surface area contributed by atoms with Crippen molar-refractivity contribution in [1.29, 1.82) is 0 Å². The first-order valence-corrected chi connectivity index (χ1v) is 6.77. The largest absolute Gasteiger partial charge is 0.466 e. The van der Waals surface area contributed by atoms with Gasteiger partial charge in [-0.25, -0.2) is 0 Å². The van der Waals surface area contributed by atoms with Crippen molar-refractivity contribution in [2.24, 2.45) is 17.1 Å². The maximum Gasteiger partial charge on any atom is 0.134 e. The Morgan fingerprint density at radius 3 is 2.56 bits per heavy atom. The predicted molar refractivity (Wildman–Crippen MR) is 69.1 cm³/mol. The van der Waals surface area contributed by atoms with E-state index in [1.165, 1.54) is 25.7 Å². The summed E-state index contributed by atoms with van der Waals surface area (Å²) in [6, 6.07) is 1.96. The van der Waals surface area contributed by atoms with Crippen LogP contribution in [0.1, 0.15) is 51.3 Å². The number of hydrogen-bond acceptors (Lipinski definition) is 2. The summed E-state index contributed by atoms with van der Waals surface area (Å²) in [4.78, 5) is 0. The number of halogens is 1. The highest BCUT2D eigenvalue weighted by Gasteiger charge is 2.32. The van der Waals surface area contributed by atoms with Crippen molar-refractivity contribution in [2.45, 2.75) is 45.6 Å². The molecule has 0 radical (unpaired) electrons. The van der Waals surface area contributed by atoms with Crippen LogP contribution < -0.4 is 5.73 Å². The minimum Gasteiger partial charge on any atom is -0.466 e. The number of furan rings is 1. The van der Waals surface area contributed by atoms with Gasteiger partial charge >= 0.3 is 0 Å². The molecule has 1 atom stereocenters. The maximum atomic E-state index is 6.28. The lowest BCUT2D eigenvalue weighted by atomic mass is 9.71. The Kier molecular flexibility index (Phi) is 3.45. The Morgan fingerprint density at radius 2 is 2.06 bits per heavy atom. The first-order valence-electron chi connectivity index (χ1n) is 5.98. The summed E-state index contributed by atoms with van der Waals surface area (Å²) in [6.45, 7) is 4.69. The molecule has 0 bridgehead atoms. The third-order valence-electron chi connectivity index (χ3n) is 3.84. The van der Waals surface area contributed by atoms with Crippen molar-refractivity contribution in [3.05, 3.63) is 22.6 Å². The van der Waals surface area contributed by atoms with Gasteiger partial charge in [0.1, 0.15) is 5.76 Å². The van der Waals surface area contributed by atoms with Gasteiger partial charge in [-0.2, -0.15) is 0 Å². The molecule has 1 aromatic rings. The molecule has 1 aliphatic rings. The molecule has 1 aliphatic carbocycles. The van der Waals surface area contributed by atoms with E-state index in [0.717, 1.165) is 10.2 Å². The van der Waals surface area contributed by atoms with E-state index in [2.05, 4.69) is 29.8 Å². The van der Waals surface area contributed by atoms with E-state index in [1.54, 1.807) is 6.26 Å². The summed E-state index contributed by atoms with van der Waals surface area (Å²) < 4.78 is 6.46. The van der Waals surface area contributed by atoms with Crippen molar-refractivity contribution in [2.75, 3.05) is 0 Å². The zero-order chi connectivity index (χ0) is 11.8. The minimum absolute atomic E-state index is 0.0421. The van der Waals surface area contributed by atoms with Crippen LogP contribution in [-0.4, -0.2) is 0 Å². The van der Waals surface area contributed by atoms with Gasteiger partial charge in [0.2, 0.25) is 0 Å². The number of rotatable bonds is 2. The third-order valence-corrected chi connectivity index (χ3v) is 4.49. The van der Waals surface area contributed by atoms with E-state index < -0.39 is 0 Å². The summed E-state index contributed by atoms with van der Waals surface area (Å²) in [5.41, 5.74) is 6.78. The highest BCUT2D eigenvalue weighted by Crippen LogP contribution is 2.43. The molecule has 2 N–H and O–H groups in total. The van der Waals surface area contributed by atoms with Crippen LogP contribution in [0.4, 0.5) is 0 Å². The van der Waals surface area contributed by atoms with Crippen LogP contribution in [0.2, 0.25) is 0 Å². The molecule has 0 aliphatic heterocycles. The molecule has 90 valence electrons.